The van der Waals surface area contributed by atoms with E-state index in [-0.39, 0.29) is 18.7 Å². The van der Waals surface area contributed by atoms with Crippen LogP contribution in [-0.2, 0) is 17.9 Å². The molecule has 6 heteroatoms. The Balaban J connectivity index is 1.64. The Kier molecular flexibility index (Phi) is 4.36. The molecule has 1 aliphatic heterocycles. The summed E-state index contributed by atoms with van der Waals surface area (Å²) in [7, 11) is 2.03. The fraction of sp³-hybridized carbons (Fsp3) is 0.588. The summed E-state index contributed by atoms with van der Waals surface area (Å²) in [5, 5.41) is 2.80. The van der Waals surface area contributed by atoms with E-state index in [0.29, 0.717) is 18.5 Å². The van der Waals surface area contributed by atoms with Crippen molar-refractivity contribution >= 4 is 11.6 Å². The van der Waals surface area contributed by atoms with Gasteiger partial charge >= 0.3 is 6.18 Å². The molecule has 0 spiro atoms. The molecular weight excluding hydrogens is 305 g/mol. The summed E-state index contributed by atoms with van der Waals surface area (Å²) >= 11 is 0. The minimum absolute atomic E-state index is 0.0942. The first kappa shape index (κ1) is 16.3. The summed E-state index contributed by atoms with van der Waals surface area (Å²) in [6.07, 6.45) is -3.16. The second-order valence-electron chi connectivity index (χ2n) is 6.75. The van der Waals surface area contributed by atoms with Crippen molar-refractivity contribution in [3.63, 3.8) is 0 Å². The van der Waals surface area contributed by atoms with Crippen molar-refractivity contribution in [2.45, 2.75) is 44.9 Å². The number of hydrogen-bond acceptors (Lipinski definition) is 2. The maximum absolute atomic E-state index is 12.9. The Labute approximate surface area is 133 Å². The summed E-state index contributed by atoms with van der Waals surface area (Å²) in [5.74, 6) is -2.18. The average molecular weight is 326 g/mol. The number of benzene rings is 1. The van der Waals surface area contributed by atoms with E-state index in [1.165, 1.54) is 11.1 Å². The van der Waals surface area contributed by atoms with Crippen molar-refractivity contribution in [2.24, 2.45) is 11.8 Å². The molecule has 1 aromatic rings. The highest BCUT2D eigenvalue weighted by molar-refractivity contribution is 5.92. The van der Waals surface area contributed by atoms with Gasteiger partial charge in [-0.25, -0.2) is 0 Å². The van der Waals surface area contributed by atoms with Crippen LogP contribution in [0.15, 0.2) is 18.2 Å². The van der Waals surface area contributed by atoms with Crippen molar-refractivity contribution < 1.29 is 18.0 Å². The molecule has 2 aliphatic rings. The predicted molar refractivity (Wildman–Crippen MR) is 81.7 cm³/mol. The summed E-state index contributed by atoms with van der Waals surface area (Å²) in [6.45, 7) is 1.72. The Bertz CT molecular complexity index is 600. The fourth-order valence-corrected chi connectivity index (χ4v) is 3.61. The highest BCUT2D eigenvalue weighted by atomic mass is 19.4. The van der Waals surface area contributed by atoms with Crippen molar-refractivity contribution in [1.82, 2.24) is 4.90 Å². The molecule has 1 aliphatic carbocycles. The summed E-state index contributed by atoms with van der Waals surface area (Å²) in [5.41, 5.74) is 3.08. The molecule has 3 rings (SSSR count). The number of carbonyl (C=O) groups excluding carboxylic acids is 1. The van der Waals surface area contributed by atoms with Gasteiger partial charge < -0.3 is 5.32 Å². The van der Waals surface area contributed by atoms with Gasteiger partial charge in [0.2, 0.25) is 5.91 Å². The molecule has 1 amide bonds. The summed E-state index contributed by atoms with van der Waals surface area (Å²) in [6, 6.07) is 5.74. The number of alkyl halides is 3. The number of nitrogens with one attached hydrogen (secondary N) is 1. The van der Waals surface area contributed by atoms with Crippen molar-refractivity contribution in [2.75, 3.05) is 12.4 Å². The van der Waals surface area contributed by atoms with Crippen LogP contribution in [0.4, 0.5) is 18.9 Å². The smallest absolute Gasteiger partial charge is 0.326 e. The van der Waals surface area contributed by atoms with Crippen LogP contribution in [-0.4, -0.2) is 24.0 Å². The first-order valence-electron chi connectivity index (χ1n) is 8.01. The van der Waals surface area contributed by atoms with E-state index in [1.807, 2.05) is 25.2 Å². The number of halogens is 3. The van der Waals surface area contributed by atoms with Crippen LogP contribution in [0.2, 0.25) is 0 Å². The van der Waals surface area contributed by atoms with E-state index in [2.05, 4.69) is 10.2 Å². The molecule has 1 saturated carbocycles. The molecule has 1 N–H and O–H groups in total. The standard InChI is InChI=1S/C17H21F3N2O/c1-22-9-12-5-6-15(8-13(12)10-22)21-16(23)11-3-2-4-14(7-11)17(18,19)20/h5-6,8,11,14H,2-4,7,9-10H2,1H3,(H,21,23). The van der Waals surface area contributed by atoms with Gasteiger partial charge in [0.25, 0.3) is 0 Å². The third-order valence-electron chi connectivity index (χ3n) is 4.86. The molecule has 0 aromatic heterocycles. The lowest BCUT2D eigenvalue weighted by Crippen LogP contribution is -2.34. The second-order valence-corrected chi connectivity index (χ2v) is 6.75. The maximum atomic E-state index is 12.9. The van der Waals surface area contributed by atoms with E-state index in [0.717, 1.165) is 13.1 Å². The zero-order valence-electron chi connectivity index (χ0n) is 13.1. The summed E-state index contributed by atoms with van der Waals surface area (Å²) < 4.78 is 38.6. The van der Waals surface area contributed by atoms with Crippen molar-refractivity contribution in [3.05, 3.63) is 29.3 Å². The predicted octanol–water partition coefficient (Wildman–Crippen LogP) is 3.94. The first-order chi connectivity index (χ1) is 10.8. The number of nitrogens with zero attached hydrogens (tertiary/aromatic N) is 1. The third-order valence-corrected chi connectivity index (χ3v) is 4.86. The normalized spacial score (nSPS) is 25.2. The lowest BCUT2D eigenvalue weighted by molar-refractivity contribution is -0.185. The van der Waals surface area contributed by atoms with Crippen molar-refractivity contribution in [1.29, 1.82) is 0 Å². The van der Waals surface area contributed by atoms with Gasteiger partial charge in [-0.2, -0.15) is 13.2 Å². The van der Waals surface area contributed by atoms with Crippen LogP contribution < -0.4 is 5.32 Å². The summed E-state index contributed by atoms with van der Waals surface area (Å²) in [4.78, 5) is 14.5. The van der Waals surface area contributed by atoms with Crippen LogP contribution in [0.5, 0.6) is 0 Å². The quantitative estimate of drug-likeness (QED) is 0.893. The fourth-order valence-electron chi connectivity index (χ4n) is 3.61. The molecule has 2 unspecified atom stereocenters. The largest absolute Gasteiger partial charge is 0.391 e. The van der Waals surface area contributed by atoms with E-state index in [4.69, 9.17) is 0 Å². The Hall–Kier alpha value is -1.56. The topological polar surface area (TPSA) is 32.3 Å². The van der Waals surface area contributed by atoms with E-state index < -0.39 is 18.0 Å². The van der Waals surface area contributed by atoms with Gasteiger partial charge in [0.15, 0.2) is 0 Å². The molecule has 1 fully saturated rings. The maximum Gasteiger partial charge on any atom is 0.391 e. The average Bonchev–Trinajstić information content (AvgIpc) is 2.86. The van der Waals surface area contributed by atoms with Gasteiger partial charge in [-0.1, -0.05) is 12.5 Å². The van der Waals surface area contributed by atoms with E-state index >= 15 is 0 Å². The van der Waals surface area contributed by atoms with Gasteiger partial charge in [0, 0.05) is 24.7 Å². The number of amides is 1. The molecule has 0 radical (unpaired) electrons. The minimum atomic E-state index is -4.20. The molecule has 3 nitrogen and oxygen atoms in total. The van der Waals surface area contributed by atoms with Crippen LogP contribution in [0.1, 0.15) is 36.8 Å². The highest BCUT2D eigenvalue weighted by Gasteiger charge is 2.43. The molecule has 0 bridgehead atoms. The van der Waals surface area contributed by atoms with Crippen LogP contribution in [0.3, 0.4) is 0 Å². The first-order valence-corrected chi connectivity index (χ1v) is 8.01. The highest BCUT2D eigenvalue weighted by Crippen LogP contribution is 2.40. The monoisotopic (exact) mass is 326 g/mol. The molecule has 1 heterocycles. The second kappa shape index (κ2) is 6.15. The van der Waals surface area contributed by atoms with Crippen LogP contribution in [0.25, 0.3) is 0 Å². The zero-order valence-corrected chi connectivity index (χ0v) is 13.1. The number of rotatable bonds is 2. The molecular formula is C17H21F3N2O. The van der Waals surface area contributed by atoms with E-state index in [9.17, 15) is 18.0 Å². The Morgan fingerprint density at radius 1 is 1.22 bits per heavy atom. The van der Waals surface area contributed by atoms with Crippen LogP contribution in [0, 0.1) is 11.8 Å². The minimum Gasteiger partial charge on any atom is -0.326 e. The molecule has 2 atom stereocenters. The Morgan fingerprint density at radius 2 is 1.96 bits per heavy atom. The lowest BCUT2D eigenvalue weighted by Gasteiger charge is -2.29. The number of carbonyl (C=O) groups is 1. The van der Waals surface area contributed by atoms with Gasteiger partial charge in [-0.05, 0) is 49.6 Å². The Morgan fingerprint density at radius 3 is 2.70 bits per heavy atom. The van der Waals surface area contributed by atoms with Crippen molar-refractivity contribution in [3.8, 4) is 0 Å². The van der Waals surface area contributed by atoms with Gasteiger partial charge in [0.1, 0.15) is 0 Å². The van der Waals surface area contributed by atoms with Gasteiger partial charge in [0.05, 0.1) is 5.92 Å². The van der Waals surface area contributed by atoms with Gasteiger partial charge in [-0.15, -0.1) is 0 Å². The molecule has 1 aromatic carbocycles. The molecule has 23 heavy (non-hydrogen) atoms. The number of fused-ring (bicyclic) bond motifs is 1. The van der Waals surface area contributed by atoms with Crippen LogP contribution >= 0.6 is 0 Å². The van der Waals surface area contributed by atoms with E-state index in [1.54, 1.807) is 0 Å². The lowest BCUT2D eigenvalue weighted by atomic mass is 9.80. The number of anilines is 1. The number of hydrogen-bond donors (Lipinski definition) is 1. The molecule has 126 valence electrons. The molecule has 0 saturated heterocycles. The zero-order chi connectivity index (χ0) is 16.6. The SMILES string of the molecule is CN1Cc2ccc(NC(=O)C3CCCC(C(F)(F)F)C3)cc2C1. The van der Waals surface area contributed by atoms with Gasteiger partial charge in [-0.3, -0.25) is 9.69 Å². The third kappa shape index (κ3) is 3.68.